The van der Waals surface area contributed by atoms with Crippen LogP contribution in [0.5, 0.6) is 5.75 Å². The largest absolute Gasteiger partial charge is 0.485 e. The maximum atomic E-state index is 14.0. The van der Waals surface area contributed by atoms with Crippen LogP contribution < -0.4 is 4.74 Å². The van der Waals surface area contributed by atoms with Crippen LogP contribution in [0.25, 0.3) is 0 Å². The van der Waals surface area contributed by atoms with E-state index < -0.39 is 18.0 Å². The maximum Gasteiger partial charge on any atom is 0.131 e. The maximum absolute atomic E-state index is 14.0. The van der Waals surface area contributed by atoms with Crippen LogP contribution in [-0.2, 0) is 0 Å². The molecule has 2 atom stereocenters. The van der Waals surface area contributed by atoms with Crippen LogP contribution in [0.15, 0.2) is 36.4 Å². The molecule has 0 amide bonds. The predicted octanol–water partition coefficient (Wildman–Crippen LogP) is 4.34. The van der Waals surface area contributed by atoms with Gasteiger partial charge >= 0.3 is 0 Å². The zero-order valence-corrected chi connectivity index (χ0v) is 11.7. The van der Waals surface area contributed by atoms with Gasteiger partial charge in [0, 0.05) is 17.5 Å². The first-order chi connectivity index (χ1) is 9.56. The normalized spacial score (nSPS) is 21.2. The first kappa shape index (κ1) is 13.4. The first-order valence-electron chi connectivity index (χ1n) is 6.45. The Labute approximate surface area is 121 Å². The summed E-state index contributed by atoms with van der Waals surface area (Å²) in [5.41, 5.74) is 2.10. The Morgan fingerprint density at radius 1 is 1.30 bits per heavy atom. The van der Waals surface area contributed by atoms with E-state index in [1.54, 1.807) is 18.2 Å². The molecule has 0 saturated heterocycles. The Morgan fingerprint density at radius 3 is 2.85 bits per heavy atom. The van der Waals surface area contributed by atoms with Gasteiger partial charge in [-0.3, -0.25) is 0 Å². The summed E-state index contributed by atoms with van der Waals surface area (Å²) in [4.78, 5) is 0. The molecule has 2 aromatic rings. The molecular formula is C16H14ClFO2. The zero-order valence-electron chi connectivity index (χ0n) is 10.9. The van der Waals surface area contributed by atoms with Crippen molar-refractivity contribution in [3.8, 4) is 5.75 Å². The molecule has 4 heteroatoms. The van der Waals surface area contributed by atoms with Crippen molar-refractivity contribution in [2.24, 2.45) is 0 Å². The molecule has 1 heterocycles. The van der Waals surface area contributed by atoms with Crippen molar-refractivity contribution >= 4 is 11.6 Å². The molecule has 1 aliphatic rings. The summed E-state index contributed by atoms with van der Waals surface area (Å²) in [6.45, 7) is 1.95. The van der Waals surface area contributed by atoms with E-state index in [0.29, 0.717) is 16.3 Å². The molecule has 2 aromatic carbocycles. The summed E-state index contributed by atoms with van der Waals surface area (Å²) >= 11 is 6.06. The van der Waals surface area contributed by atoms with Crippen molar-refractivity contribution in [2.45, 2.75) is 25.6 Å². The third-order valence-electron chi connectivity index (χ3n) is 3.55. The molecule has 0 bridgehead atoms. The van der Waals surface area contributed by atoms with Crippen molar-refractivity contribution < 1.29 is 14.2 Å². The number of rotatable bonds is 1. The Hall–Kier alpha value is -1.58. The van der Waals surface area contributed by atoms with Gasteiger partial charge in [0.15, 0.2) is 0 Å². The van der Waals surface area contributed by atoms with Gasteiger partial charge in [0.1, 0.15) is 17.7 Å². The van der Waals surface area contributed by atoms with Gasteiger partial charge in [-0.1, -0.05) is 29.3 Å². The van der Waals surface area contributed by atoms with E-state index in [9.17, 15) is 9.50 Å². The standard InChI is InChI=1S/C16H14ClFO2/c1-9-5-6-14-10(7-9)13(19)8-15(20-14)16-11(17)3-2-4-12(16)18/h2-7,13,15,19H,8H2,1H3. The van der Waals surface area contributed by atoms with E-state index in [0.717, 1.165) is 11.1 Å². The highest BCUT2D eigenvalue weighted by atomic mass is 35.5. The Balaban J connectivity index is 2.01. The molecule has 0 aromatic heterocycles. The van der Waals surface area contributed by atoms with Crippen molar-refractivity contribution in [2.75, 3.05) is 0 Å². The molecule has 0 saturated carbocycles. The first-order valence-corrected chi connectivity index (χ1v) is 6.83. The van der Waals surface area contributed by atoms with E-state index in [1.807, 2.05) is 19.1 Å². The highest BCUT2D eigenvalue weighted by molar-refractivity contribution is 6.31. The average Bonchev–Trinajstić information content (AvgIpc) is 2.39. The van der Waals surface area contributed by atoms with E-state index >= 15 is 0 Å². The number of hydrogen-bond donors (Lipinski definition) is 1. The highest BCUT2D eigenvalue weighted by Gasteiger charge is 2.31. The predicted molar refractivity (Wildman–Crippen MR) is 75.5 cm³/mol. The number of halogens is 2. The summed E-state index contributed by atoms with van der Waals surface area (Å²) in [6.07, 6.45) is -0.967. The minimum atomic E-state index is -0.681. The molecule has 0 fully saturated rings. The second-order valence-corrected chi connectivity index (χ2v) is 5.44. The van der Waals surface area contributed by atoms with Crippen LogP contribution in [0.1, 0.15) is 35.3 Å². The summed E-state index contributed by atoms with van der Waals surface area (Å²) in [5, 5.41) is 10.6. The number of benzene rings is 2. The summed E-state index contributed by atoms with van der Waals surface area (Å²) < 4.78 is 19.8. The fourth-order valence-corrected chi connectivity index (χ4v) is 2.85. The molecule has 1 N–H and O–H groups in total. The van der Waals surface area contributed by atoms with Gasteiger partial charge in [-0.05, 0) is 31.2 Å². The average molecular weight is 293 g/mol. The van der Waals surface area contributed by atoms with E-state index in [-0.39, 0.29) is 6.42 Å². The summed E-state index contributed by atoms with van der Waals surface area (Å²) in [5.74, 6) is 0.170. The van der Waals surface area contributed by atoms with Crippen LogP contribution in [0, 0.1) is 12.7 Å². The monoisotopic (exact) mass is 292 g/mol. The van der Waals surface area contributed by atoms with Gasteiger partial charge in [-0.2, -0.15) is 0 Å². The van der Waals surface area contributed by atoms with E-state index in [1.165, 1.54) is 6.07 Å². The number of aliphatic hydroxyl groups is 1. The third-order valence-corrected chi connectivity index (χ3v) is 3.88. The van der Waals surface area contributed by atoms with E-state index in [2.05, 4.69) is 0 Å². The van der Waals surface area contributed by atoms with Crippen molar-refractivity contribution in [3.63, 3.8) is 0 Å². The Morgan fingerprint density at radius 2 is 2.10 bits per heavy atom. The van der Waals surface area contributed by atoms with Crippen LogP contribution in [0.4, 0.5) is 4.39 Å². The fourth-order valence-electron chi connectivity index (χ4n) is 2.56. The quantitative estimate of drug-likeness (QED) is 0.847. The van der Waals surface area contributed by atoms with Crippen molar-refractivity contribution in [1.82, 2.24) is 0 Å². The third kappa shape index (κ3) is 2.28. The summed E-state index contributed by atoms with van der Waals surface area (Å²) in [6, 6.07) is 10.1. The van der Waals surface area contributed by atoms with Crippen LogP contribution in [0.3, 0.4) is 0 Å². The molecule has 104 valence electrons. The van der Waals surface area contributed by atoms with Crippen molar-refractivity contribution in [3.05, 3.63) is 63.9 Å². The van der Waals surface area contributed by atoms with Gasteiger partial charge in [-0.25, -0.2) is 4.39 Å². The topological polar surface area (TPSA) is 29.5 Å². The molecule has 3 rings (SSSR count). The van der Waals surface area contributed by atoms with Crippen LogP contribution >= 0.6 is 11.6 Å². The molecule has 0 radical (unpaired) electrons. The van der Waals surface area contributed by atoms with Crippen molar-refractivity contribution in [1.29, 1.82) is 0 Å². The molecule has 2 nitrogen and oxygen atoms in total. The minimum absolute atomic E-state index is 0.289. The number of hydrogen-bond acceptors (Lipinski definition) is 2. The molecular weight excluding hydrogens is 279 g/mol. The molecule has 0 spiro atoms. The lowest BCUT2D eigenvalue weighted by atomic mass is 9.94. The Kier molecular flexibility index (Phi) is 3.40. The second-order valence-electron chi connectivity index (χ2n) is 5.03. The van der Waals surface area contributed by atoms with Gasteiger partial charge in [-0.15, -0.1) is 0 Å². The minimum Gasteiger partial charge on any atom is -0.485 e. The smallest absolute Gasteiger partial charge is 0.131 e. The molecule has 1 aliphatic heterocycles. The SMILES string of the molecule is Cc1ccc2c(c1)C(O)CC(c1c(F)cccc1Cl)O2. The van der Waals surface area contributed by atoms with Gasteiger partial charge in [0.25, 0.3) is 0 Å². The summed E-state index contributed by atoms with van der Waals surface area (Å²) in [7, 11) is 0. The lowest BCUT2D eigenvalue weighted by molar-refractivity contribution is 0.0640. The lowest BCUT2D eigenvalue weighted by Gasteiger charge is -2.30. The lowest BCUT2D eigenvalue weighted by Crippen LogP contribution is -2.20. The molecule has 20 heavy (non-hydrogen) atoms. The number of ether oxygens (including phenoxy) is 1. The molecule has 2 unspecified atom stereocenters. The number of fused-ring (bicyclic) bond motifs is 1. The zero-order chi connectivity index (χ0) is 14.3. The number of aliphatic hydroxyl groups excluding tert-OH is 1. The van der Waals surface area contributed by atoms with Crippen LogP contribution in [0.2, 0.25) is 5.02 Å². The van der Waals surface area contributed by atoms with Gasteiger partial charge < -0.3 is 9.84 Å². The van der Waals surface area contributed by atoms with Gasteiger partial charge in [0.05, 0.1) is 11.1 Å². The Bertz CT molecular complexity index is 637. The van der Waals surface area contributed by atoms with Crippen LogP contribution in [-0.4, -0.2) is 5.11 Å². The van der Waals surface area contributed by atoms with Gasteiger partial charge in [0.2, 0.25) is 0 Å². The number of aryl methyl sites for hydroxylation is 1. The highest BCUT2D eigenvalue weighted by Crippen LogP contribution is 2.43. The molecule has 0 aliphatic carbocycles. The fraction of sp³-hybridized carbons (Fsp3) is 0.250. The second kappa shape index (κ2) is 5.08. The van der Waals surface area contributed by atoms with E-state index in [4.69, 9.17) is 16.3 Å².